The van der Waals surface area contributed by atoms with Gasteiger partial charge < -0.3 is 5.32 Å². The van der Waals surface area contributed by atoms with Crippen molar-refractivity contribution in [3.63, 3.8) is 0 Å². The van der Waals surface area contributed by atoms with Crippen LogP contribution in [-0.2, 0) is 13.1 Å². The zero-order chi connectivity index (χ0) is 23.5. The smallest absolute Gasteiger partial charge is 0.312 e. The van der Waals surface area contributed by atoms with Gasteiger partial charge in [-0.2, -0.15) is 10.2 Å². The number of anilines is 1. The van der Waals surface area contributed by atoms with Crippen molar-refractivity contribution < 1.29 is 9.72 Å². The van der Waals surface area contributed by atoms with Gasteiger partial charge in [0.05, 0.1) is 29.9 Å². The molecule has 1 amide bonds. The Morgan fingerprint density at radius 2 is 1.79 bits per heavy atom. The van der Waals surface area contributed by atoms with Gasteiger partial charge in [-0.05, 0) is 44.0 Å². The van der Waals surface area contributed by atoms with Crippen molar-refractivity contribution in [3.05, 3.63) is 105 Å². The molecule has 2 aromatic carbocycles. The monoisotopic (exact) mass is 444 g/mol. The van der Waals surface area contributed by atoms with Gasteiger partial charge in [0.15, 0.2) is 0 Å². The highest BCUT2D eigenvalue weighted by Gasteiger charge is 2.21. The number of aryl methyl sites for hydroxylation is 2. The van der Waals surface area contributed by atoms with Gasteiger partial charge in [0.2, 0.25) is 0 Å². The Bertz CT molecular complexity index is 1340. The van der Waals surface area contributed by atoms with Crippen LogP contribution in [-0.4, -0.2) is 30.4 Å². The Kier molecular flexibility index (Phi) is 6.03. The summed E-state index contributed by atoms with van der Waals surface area (Å²) in [6, 6.07) is 15.3. The number of carbonyl (C=O) groups is 1. The van der Waals surface area contributed by atoms with Crippen molar-refractivity contribution in [2.24, 2.45) is 0 Å². The summed E-state index contributed by atoms with van der Waals surface area (Å²) in [6.45, 7) is 6.27. The van der Waals surface area contributed by atoms with Crippen LogP contribution in [0.15, 0.2) is 60.9 Å². The van der Waals surface area contributed by atoms with Crippen LogP contribution in [0.3, 0.4) is 0 Å². The minimum Gasteiger partial charge on any atom is -0.319 e. The van der Waals surface area contributed by atoms with Gasteiger partial charge >= 0.3 is 5.69 Å². The van der Waals surface area contributed by atoms with Crippen molar-refractivity contribution in [2.45, 2.75) is 33.9 Å². The number of rotatable bonds is 7. The molecule has 0 spiro atoms. The quantitative estimate of drug-likeness (QED) is 0.338. The van der Waals surface area contributed by atoms with Crippen LogP contribution in [0.25, 0.3) is 0 Å². The lowest BCUT2D eigenvalue weighted by Gasteiger charge is -2.07. The summed E-state index contributed by atoms with van der Waals surface area (Å²) in [5.41, 5.74) is 5.09. The zero-order valence-electron chi connectivity index (χ0n) is 18.6. The molecule has 0 unspecified atom stereocenters. The Hall–Kier alpha value is -4.27. The molecule has 4 rings (SSSR count). The molecule has 9 heteroatoms. The lowest BCUT2D eigenvalue weighted by molar-refractivity contribution is -0.386. The van der Waals surface area contributed by atoms with Crippen LogP contribution in [0.2, 0.25) is 0 Å². The van der Waals surface area contributed by atoms with Crippen LogP contribution in [0.5, 0.6) is 0 Å². The third kappa shape index (κ3) is 4.98. The second kappa shape index (κ2) is 9.07. The van der Waals surface area contributed by atoms with Crippen molar-refractivity contribution in [1.29, 1.82) is 0 Å². The molecule has 33 heavy (non-hydrogen) atoms. The average molecular weight is 444 g/mol. The van der Waals surface area contributed by atoms with Crippen molar-refractivity contribution in [1.82, 2.24) is 19.6 Å². The first-order valence-electron chi connectivity index (χ1n) is 10.5. The van der Waals surface area contributed by atoms with Gasteiger partial charge in [0.1, 0.15) is 11.4 Å². The largest absolute Gasteiger partial charge is 0.319 e. The minimum atomic E-state index is -0.419. The highest BCUT2D eigenvalue weighted by molar-refractivity contribution is 6.04. The number of nitro groups is 1. The van der Waals surface area contributed by atoms with E-state index in [1.807, 2.05) is 31.2 Å². The van der Waals surface area contributed by atoms with Crippen LogP contribution in [0.4, 0.5) is 11.4 Å². The number of nitrogens with zero attached hydrogens (tertiary/aromatic N) is 5. The van der Waals surface area contributed by atoms with Gasteiger partial charge in [-0.25, -0.2) is 0 Å². The molecule has 0 aliphatic rings. The minimum absolute atomic E-state index is 0.0200. The first kappa shape index (κ1) is 21.9. The molecule has 2 aromatic heterocycles. The Morgan fingerprint density at radius 1 is 1.06 bits per heavy atom. The fourth-order valence-corrected chi connectivity index (χ4v) is 3.80. The molecule has 4 aromatic rings. The second-order valence-corrected chi connectivity index (χ2v) is 8.00. The number of aromatic nitrogens is 4. The normalized spacial score (nSPS) is 10.9. The van der Waals surface area contributed by atoms with E-state index in [1.54, 1.807) is 53.8 Å². The Balaban J connectivity index is 1.45. The first-order valence-corrected chi connectivity index (χ1v) is 10.5. The molecular weight excluding hydrogens is 420 g/mol. The van der Waals surface area contributed by atoms with E-state index in [1.165, 1.54) is 5.56 Å². The SMILES string of the molecule is Cc1cccc(Cn2cc(NC(=O)c3cccc(Cn4nc(C)c([N+](=O)[O-])c4C)c3)cn2)c1. The number of nitrogens with one attached hydrogen (secondary N) is 1. The highest BCUT2D eigenvalue weighted by Crippen LogP contribution is 2.23. The molecule has 168 valence electrons. The molecule has 2 heterocycles. The lowest BCUT2D eigenvalue weighted by atomic mass is 10.1. The van der Waals surface area contributed by atoms with E-state index in [-0.39, 0.29) is 11.6 Å². The van der Waals surface area contributed by atoms with E-state index in [2.05, 4.69) is 21.6 Å². The molecular formula is C24H24N6O3. The topological polar surface area (TPSA) is 108 Å². The molecule has 0 radical (unpaired) electrons. The zero-order valence-corrected chi connectivity index (χ0v) is 18.6. The van der Waals surface area contributed by atoms with E-state index in [0.717, 1.165) is 11.1 Å². The second-order valence-electron chi connectivity index (χ2n) is 8.00. The number of benzene rings is 2. The Labute approximate surface area is 190 Å². The maximum absolute atomic E-state index is 12.8. The van der Waals surface area contributed by atoms with Crippen molar-refractivity contribution >= 4 is 17.3 Å². The molecule has 0 atom stereocenters. The average Bonchev–Trinajstić information content (AvgIpc) is 3.31. The third-order valence-electron chi connectivity index (χ3n) is 5.37. The van der Waals surface area contributed by atoms with Gasteiger partial charge in [-0.1, -0.05) is 42.0 Å². The van der Waals surface area contributed by atoms with E-state index in [9.17, 15) is 14.9 Å². The van der Waals surface area contributed by atoms with E-state index >= 15 is 0 Å². The van der Waals surface area contributed by atoms with E-state index in [4.69, 9.17) is 0 Å². The number of hydrogen-bond acceptors (Lipinski definition) is 5. The molecule has 0 aliphatic carbocycles. The summed E-state index contributed by atoms with van der Waals surface area (Å²) in [6.07, 6.45) is 3.41. The van der Waals surface area contributed by atoms with E-state index < -0.39 is 4.92 Å². The fraction of sp³-hybridized carbons (Fsp3) is 0.208. The van der Waals surface area contributed by atoms with Gasteiger partial charge in [-0.15, -0.1) is 0 Å². The predicted octanol–water partition coefficient (Wildman–Crippen LogP) is 4.26. The number of hydrogen-bond donors (Lipinski definition) is 1. The summed E-state index contributed by atoms with van der Waals surface area (Å²) in [7, 11) is 0. The maximum atomic E-state index is 12.8. The van der Waals surface area contributed by atoms with Crippen molar-refractivity contribution in [2.75, 3.05) is 5.32 Å². The summed E-state index contributed by atoms with van der Waals surface area (Å²) in [5, 5.41) is 22.7. The van der Waals surface area contributed by atoms with Crippen molar-refractivity contribution in [3.8, 4) is 0 Å². The molecule has 0 saturated carbocycles. The predicted molar refractivity (Wildman–Crippen MR) is 124 cm³/mol. The third-order valence-corrected chi connectivity index (χ3v) is 5.37. The standard InChI is InChI=1S/C24H24N6O3/c1-16-6-4-7-19(10-16)13-28-15-22(12-25-28)26-24(31)21-9-5-8-20(11-21)14-29-18(3)23(30(32)33)17(2)27-29/h4-12,15H,13-14H2,1-3H3,(H,26,31). The number of carbonyl (C=O) groups excluding carboxylic acids is 1. The summed E-state index contributed by atoms with van der Waals surface area (Å²) in [5.74, 6) is -0.258. The Morgan fingerprint density at radius 3 is 2.48 bits per heavy atom. The van der Waals surface area contributed by atoms with Crippen LogP contribution < -0.4 is 5.32 Å². The lowest BCUT2D eigenvalue weighted by Crippen LogP contribution is -2.12. The van der Waals surface area contributed by atoms with Gasteiger partial charge in [0.25, 0.3) is 5.91 Å². The van der Waals surface area contributed by atoms with E-state index in [0.29, 0.717) is 35.7 Å². The molecule has 0 bridgehead atoms. The maximum Gasteiger partial charge on any atom is 0.312 e. The molecule has 1 N–H and O–H groups in total. The summed E-state index contributed by atoms with van der Waals surface area (Å²) < 4.78 is 3.36. The molecule has 0 saturated heterocycles. The fourth-order valence-electron chi connectivity index (χ4n) is 3.80. The summed E-state index contributed by atoms with van der Waals surface area (Å²) in [4.78, 5) is 23.6. The molecule has 9 nitrogen and oxygen atoms in total. The first-order chi connectivity index (χ1) is 15.8. The molecule has 0 aliphatic heterocycles. The van der Waals surface area contributed by atoms with Crippen LogP contribution in [0, 0.1) is 30.9 Å². The van der Waals surface area contributed by atoms with Gasteiger partial charge in [-0.3, -0.25) is 24.3 Å². The van der Waals surface area contributed by atoms with Gasteiger partial charge in [0, 0.05) is 11.8 Å². The number of amides is 1. The molecule has 0 fully saturated rings. The highest BCUT2D eigenvalue weighted by atomic mass is 16.6. The van der Waals surface area contributed by atoms with Crippen LogP contribution in [0.1, 0.15) is 38.4 Å². The van der Waals surface area contributed by atoms with Crippen LogP contribution >= 0.6 is 0 Å². The summed E-state index contributed by atoms with van der Waals surface area (Å²) >= 11 is 0.